The SMILES string of the molecule is CC(C)c1c(F)cccc1-c1ccccc1. The van der Waals surface area contributed by atoms with Gasteiger partial charge in [-0.05, 0) is 28.7 Å². The standard InChI is InChI=1S/C15H15F/c1-11(2)15-13(9-6-10-14(15)16)12-7-4-3-5-8-12/h3-11H,1-2H3. The summed E-state index contributed by atoms with van der Waals surface area (Å²) in [5, 5.41) is 0. The summed E-state index contributed by atoms with van der Waals surface area (Å²) < 4.78 is 13.8. The molecule has 2 aromatic carbocycles. The van der Waals surface area contributed by atoms with Crippen molar-refractivity contribution in [1.82, 2.24) is 0 Å². The first-order valence-electron chi connectivity index (χ1n) is 5.54. The third kappa shape index (κ3) is 1.99. The Hall–Kier alpha value is -1.63. The van der Waals surface area contributed by atoms with Gasteiger partial charge in [-0.2, -0.15) is 0 Å². The lowest BCUT2D eigenvalue weighted by atomic mass is 9.92. The molecule has 0 unspecified atom stereocenters. The maximum absolute atomic E-state index is 13.8. The third-order valence-corrected chi connectivity index (χ3v) is 2.72. The van der Waals surface area contributed by atoms with Crippen molar-refractivity contribution in [2.24, 2.45) is 0 Å². The van der Waals surface area contributed by atoms with Crippen LogP contribution in [-0.4, -0.2) is 0 Å². The largest absolute Gasteiger partial charge is 0.207 e. The summed E-state index contributed by atoms with van der Waals surface area (Å²) in [6.07, 6.45) is 0. The summed E-state index contributed by atoms with van der Waals surface area (Å²) in [4.78, 5) is 0. The van der Waals surface area contributed by atoms with Crippen molar-refractivity contribution in [2.75, 3.05) is 0 Å². The molecule has 82 valence electrons. The highest BCUT2D eigenvalue weighted by Crippen LogP contribution is 2.30. The van der Waals surface area contributed by atoms with Crippen LogP contribution in [0.1, 0.15) is 25.3 Å². The van der Waals surface area contributed by atoms with E-state index >= 15 is 0 Å². The number of benzene rings is 2. The Kier molecular flexibility index (Phi) is 3.04. The van der Waals surface area contributed by atoms with Crippen molar-refractivity contribution < 1.29 is 4.39 Å². The minimum atomic E-state index is -0.114. The lowest BCUT2D eigenvalue weighted by molar-refractivity contribution is 0.599. The zero-order valence-corrected chi connectivity index (χ0v) is 9.57. The van der Waals surface area contributed by atoms with E-state index in [4.69, 9.17) is 0 Å². The van der Waals surface area contributed by atoms with Gasteiger partial charge >= 0.3 is 0 Å². The monoisotopic (exact) mass is 214 g/mol. The molecule has 1 heteroatoms. The second-order valence-electron chi connectivity index (χ2n) is 4.22. The van der Waals surface area contributed by atoms with E-state index in [1.165, 1.54) is 6.07 Å². The van der Waals surface area contributed by atoms with Crippen LogP contribution in [0.5, 0.6) is 0 Å². The molecular formula is C15H15F. The Morgan fingerprint density at radius 2 is 1.56 bits per heavy atom. The van der Waals surface area contributed by atoms with Gasteiger partial charge in [-0.25, -0.2) is 4.39 Å². The predicted molar refractivity (Wildman–Crippen MR) is 65.9 cm³/mol. The number of rotatable bonds is 2. The Morgan fingerprint density at radius 3 is 2.19 bits per heavy atom. The Morgan fingerprint density at radius 1 is 0.875 bits per heavy atom. The van der Waals surface area contributed by atoms with Gasteiger partial charge in [-0.1, -0.05) is 56.3 Å². The van der Waals surface area contributed by atoms with Crippen LogP contribution in [0.3, 0.4) is 0 Å². The Balaban J connectivity index is 2.61. The molecule has 0 fully saturated rings. The average molecular weight is 214 g/mol. The zero-order chi connectivity index (χ0) is 11.5. The molecule has 0 bridgehead atoms. The summed E-state index contributed by atoms with van der Waals surface area (Å²) in [7, 11) is 0. The molecular weight excluding hydrogens is 199 g/mol. The van der Waals surface area contributed by atoms with Gasteiger partial charge in [-0.15, -0.1) is 0 Å². The van der Waals surface area contributed by atoms with Gasteiger partial charge in [-0.3, -0.25) is 0 Å². The van der Waals surface area contributed by atoms with Gasteiger partial charge in [0, 0.05) is 0 Å². The maximum Gasteiger partial charge on any atom is 0.127 e. The highest BCUT2D eigenvalue weighted by molar-refractivity contribution is 5.68. The van der Waals surface area contributed by atoms with Gasteiger partial charge < -0.3 is 0 Å². The molecule has 0 spiro atoms. The lowest BCUT2D eigenvalue weighted by Crippen LogP contribution is -1.96. The molecule has 0 aliphatic rings. The normalized spacial score (nSPS) is 10.8. The number of hydrogen-bond acceptors (Lipinski definition) is 0. The summed E-state index contributed by atoms with van der Waals surface area (Å²) >= 11 is 0. The topological polar surface area (TPSA) is 0 Å². The van der Waals surface area contributed by atoms with E-state index < -0.39 is 0 Å². The minimum absolute atomic E-state index is 0.114. The van der Waals surface area contributed by atoms with E-state index in [0.717, 1.165) is 16.7 Å². The van der Waals surface area contributed by atoms with E-state index in [2.05, 4.69) is 0 Å². The molecule has 2 aromatic rings. The molecule has 0 aliphatic carbocycles. The van der Waals surface area contributed by atoms with Gasteiger partial charge in [0.2, 0.25) is 0 Å². The Labute approximate surface area is 95.7 Å². The second-order valence-corrected chi connectivity index (χ2v) is 4.22. The predicted octanol–water partition coefficient (Wildman–Crippen LogP) is 4.62. The molecule has 0 nitrogen and oxygen atoms in total. The van der Waals surface area contributed by atoms with Crippen molar-refractivity contribution in [2.45, 2.75) is 19.8 Å². The van der Waals surface area contributed by atoms with E-state index in [1.54, 1.807) is 6.07 Å². The van der Waals surface area contributed by atoms with Crippen molar-refractivity contribution >= 4 is 0 Å². The first kappa shape index (κ1) is 10.9. The van der Waals surface area contributed by atoms with Crippen LogP contribution in [-0.2, 0) is 0 Å². The van der Waals surface area contributed by atoms with Crippen LogP contribution < -0.4 is 0 Å². The summed E-state index contributed by atoms with van der Waals surface area (Å²) in [5.74, 6) is 0.0766. The molecule has 0 amide bonds. The van der Waals surface area contributed by atoms with E-state index in [1.807, 2.05) is 50.2 Å². The molecule has 0 heterocycles. The first-order chi connectivity index (χ1) is 7.70. The van der Waals surface area contributed by atoms with E-state index in [-0.39, 0.29) is 11.7 Å². The fourth-order valence-corrected chi connectivity index (χ4v) is 1.99. The Bertz CT molecular complexity index is 472. The summed E-state index contributed by atoms with van der Waals surface area (Å²) in [6, 6.07) is 15.2. The molecule has 0 saturated carbocycles. The van der Waals surface area contributed by atoms with Gasteiger partial charge in [0.15, 0.2) is 0 Å². The maximum atomic E-state index is 13.8. The lowest BCUT2D eigenvalue weighted by Gasteiger charge is -2.13. The summed E-state index contributed by atoms with van der Waals surface area (Å²) in [6.45, 7) is 4.04. The smallest absolute Gasteiger partial charge is 0.127 e. The van der Waals surface area contributed by atoms with Crippen LogP contribution in [0.25, 0.3) is 11.1 Å². The van der Waals surface area contributed by atoms with Gasteiger partial charge in [0.25, 0.3) is 0 Å². The second kappa shape index (κ2) is 4.48. The highest BCUT2D eigenvalue weighted by Gasteiger charge is 2.12. The molecule has 0 aromatic heterocycles. The fourth-order valence-electron chi connectivity index (χ4n) is 1.99. The van der Waals surface area contributed by atoms with Crippen LogP contribution in [0.2, 0.25) is 0 Å². The molecule has 0 radical (unpaired) electrons. The van der Waals surface area contributed by atoms with Crippen molar-refractivity contribution in [3.63, 3.8) is 0 Å². The molecule has 2 rings (SSSR count). The minimum Gasteiger partial charge on any atom is -0.207 e. The molecule has 16 heavy (non-hydrogen) atoms. The van der Waals surface area contributed by atoms with Crippen LogP contribution in [0, 0.1) is 5.82 Å². The molecule has 0 N–H and O–H groups in total. The van der Waals surface area contributed by atoms with Gasteiger partial charge in [0.1, 0.15) is 5.82 Å². The molecule has 0 saturated heterocycles. The van der Waals surface area contributed by atoms with Crippen molar-refractivity contribution in [3.8, 4) is 11.1 Å². The fraction of sp³-hybridized carbons (Fsp3) is 0.200. The quantitative estimate of drug-likeness (QED) is 0.684. The molecule has 0 aliphatic heterocycles. The van der Waals surface area contributed by atoms with E-state index in [9.17, 15) is 4.39 Å². The number of halogens is 1. The van der Waals surface area contributed by atoms with Crippen LogP contribution >= 0.6 is 0 Å². The van der Waals surface area contributed by atoms with Crippen LogP contribution in [0.15, 0.2) is 48.5 Å². The van der Waals surface area contributed by atoms with Crippen LogP contribution in [0.4, 0.5) is 4.39 Å². The van der Waals surface area contributed by atoms with Crippen molar-refractivity contribution in [3.05, 3.63) is 59.9 Å². The molecule has 0 atom stereocenters. The third-order valence-electron chi connectivity index (χ3n) is 2.72. The highest BCUT2D eigenvalue weighted by atomic mass is 19.1. The zero-order valence-electron chi connectivity index (χ0n) is 9.57. The van der Waals surface area contributed by atoms with Gasteiger partial charge in [0.05, 0.1) is 0 Å². The first-order valence-corrected chi connectivity index (χ1v) is 5.54. The van der Waals surface area contributed by atoms with E-state index in [0.29, 0.717) is 0 Å². The summed E-state index contributed by atoms with van der Waals surface area (Å²) in [5.41, 5.74) is 2.87. The van der Waals surface area contributed by atoms with Crippen molar-refractivity contribution in [1.29, 1.82) is 0 Å². The number of hydrogen-bond donors (Lipinski definition) is 0. The average Bonchev–Trinajstić information content (AvgIpc) is 2.29.